The minimum Gasteiger partial charge on any atom is -0.478 e. The summed E-state index contributed by atoms with van der Waals surface area (Å²) in [4.78, 5) is 22.0. The summed E-state index contributed by atoms with van der Waals surface area (Å²) >= 11 is 0. The Bertz CT molecular complexity index is 453. The molecule has 1 N–H and O–H groups in total. The molecule has 0 saturated carbocycles. The Morgan fingerprint density at radius 1 is 1.50 bits per heavy atom. The number of amides is 1. The highest BCUT2D eigenvalue weighted by Gasteiger charge is 2.22. The molecule has 110 valence electrons. The van der Waals surface area contributed by atoms with Crippen LogP contribution in [-0.4, -0.2) is 41.6 Å². The molecule has 1 aliphatic rings. The van der Waals surface area contributed by atoms with E-state index >= 15 is 0 Å². The summed E-state index contributed by atoms with van der Waals surface area (Å²) in [6, 6.07) is 2.05. The van der Waals surface area contributed by atoms with Crippen LogP contribution in [0.15, 0.2) is 12.4 Å². The number of ether oxygens (including phenoxy) is 1. The largest absolute Gasteiger partial charge is 0.478 e. The highest BCUT2D eigenvalue weighted by atomic mass is 16.5. The number of rotatable bonds is 5. The summed E-state index contributed by atoms with van der Waals surface area (Å²) in [6.07, 6.45) is 4.11. The Kier molecular flexibility index (Phi) is 5.15. The topological polar surface area (TPSA) is 67.3 Å². The molecule has 1 amide bonds. The lowest BCUT2D eigenvalue weighted by atomic mass is 10.1. The fourth-order valence-corrected chi connectivity index (χ4v) is 2.36. The quantitative estimate of drug-likeness (QED) is 0.881. The van der Waals surface area contributed by atoms with E-state index in [9.17, 15) is 4.79 Å². The van der Waals surface area contributed by atoms with E-state index in [4.69, 9.17) is 4.74 Å². The lowest BCUT2D eigenvalue weighted by Gasteiger charge is -2.33. The minimum absolute atomic E-state index is 0.106. The normalized spacial score (nSPS) is 18.7. The number of carbonyl (C=O) groups excluding carboxylic acids is 1. The van der Waals surface area contributed by atoms with Crippen molar-refractivity contribution in [2.45, 2.75) is 39.2 Å². The van der Waals surface area contributed by atoms with Gasteiger partial charge in [0.15, 0.2) is 0 Å². The second kappa shape index (κ2) is 7.07. The SMILES string of the molecule is CCOc1cc(N2CCC[C@H](NC(=O)CC)C2)ncn1. The molecule has 1 atom stereocenters. The van der Waals surface area contributed by atoms with Crippen molar-refractivity contribution in [2.75, 3.05) is 24.6 Å². The summed E-state index contributed by atoms with van der Waals surface area (Å²) in [7, 11) is 0. The second-order valence-electron chi connectivity index (χ2n) is 4.85. The molecule has 0 aliphatic carbocycles. The lowest BCUT2D eigenvalue weighted by Crippen LogP contribution is -2.47. The van der Waals surface area contributed by atoms with Crippen molar-refractivity contribution in [3.8, 4) is 5.88 Å². The molecule has 20 heavy (non-hydrogen) atoms. The molecule has 2 rings (SSSR count). The van der Waals surface area contributed by atoms with Gasteiger partial charge in [0, 0.05) is 31.6 Å². The zero-order valence-corrected chi connectivity index (χ0v) is 12.1. The van der Waals surface area contributed by atoms with Crippen molar-refractivity contribution in [3.05, 3.63) is 12.4 Å². The number of hydrogen-bond donors (Lipinski definition) is 1. The van der Waals surface area contributed by atoms with Crippen LogP contribution >= 0.6 is 0 Å². The van der Waals surface area contributed by atoms with Crippen LogP contribution in [0.25, 0.3) is 0 Å². The smallest absolute Gasteiger partial charge is 0.219 e. The highest BCUT2D eigenvalue weighted by Crippen LogP contribution is 2.20. The van der Waals surface area contributed by atoms with Crippen LogP contribution < -0.4 is 15.0 Å². The van der Waals surface area contributed by atoms with E-state index in [2.05, 4.69) is 20.2 Å². The first-order chi connectivity index (χ1) is 9.72. The van der Waals surface area contributed by atoms with Gasteiger partial charge in [0.2, 0.25) is 11.8 Å². The maximum Gasteiger partial charge on any atom is 0.219 e. The maximum absolute atomic E-state index is 11.5. The van der Waals surface area contributed by atoms with Crippen molar-refractivity contribution in [3.63, 3.8) is 0 Å². The van der Waals surface area contributed by atoms with E-state index in [0.717, 1.165) is 31.7 Å². The Hall–Kier alpha value is -1.85. The van der Waals surface area contributed by atoms with Crippen LogP contribution in [0, 0.1) is 0 Å². The Morgan fingerprint density at radius 3 is 3.10 bits per heavy atom. The zero-order chi connectivity index (χ0) is 14.4. The summed E-state index contributed by atoms with van der Waals surface area (Å²) in [5.74, 6) is 1.56. The number of anilines is 1. The van der Waals surface area contributed by atoms with E-state index in [0.29, 0.717) is 18.9 Å². The second-order valence-corrected chi connectivity index (χ2v) is 4.85. The van der Waals surface area contributed by atoms with Crippen molar-refractivity contribution < 1.29 is 9.53 Å². The highest BCUT2D eigenvalue weighted by molar-refractivity contribution is 5.75. The van der Waals surface area contributed by atoms with E-state index in [-0.39, 0.29) is 11.9 Å². The number of carbonyl (C=O) groups is 1. The molecule has 2 heterocycles. The van der Waals surface area contributed by atoms with E-state index in [1.54, 1.807) is 0 Å². The number of hydrogen-bond acceptors (Lipinski definition) is 5. The summed E-state index contributed by atoms with van der Waals surface area (Å²) in [6.45, 7) is 6.12. The number of nitrogens with one attached hydrogen (secondary N) is 1. The number of aromatic nitrogens is 2. The molecule has 0 aromatic carbocycles. The molecule has 0 spiro atoms. The van der Waals surface area contributed by atoms with Crippen LogP contribution in [0.1, 0.15) is 33.1 Å². The Labute approximate surface area is 119 Å². The van der Waals surface area contributed by atoms with Crippen LogP contribution in [0.3, 0.4) is 0 Å². The lowest BCUT2D eigenvalue weighted by molar-refractivity contribution is -0.121. The van der Waals surface area contributed by atoms with Crippen molar-refractivity contribution in [2.24, 2.45) is 0 Å². The van der Waals surface area contributed by atoms with Gasteiger partial charge >= 0.3 is 0 Å². The number of nitrogens with zero attached hydrogens (tertiary/aromatic N) is 3. The van der Waals surface area contributed by atoms with E-state index < -0.39 is 0 Å². The Morgan fingerprint density at radius 2 is 2.35 bits per heavy atom. The third-order valence-corrected chi connectivity index (χ3v) is 3.35. The fraction of sp³-hybridized carbons (Fsp3) is 0.643. The summed E-state index contributed by atoms with van der Waals surface area (Å²) < 4.78 is 5.40. The number of piperidine rings is 1. The predicted molar refractivity (Wildman–Crippen MR) is 76.9 cm³/mol. The van der Waals surface area contributed by atoms with Crippen LogP contribution in [0.5, 0.6) is 5.88 Å². The molecule has 6 nitrogen and oxygen atoms in total. The standard InChI is InChI=1S/C14H22N4O2/c1-3-13(19)17-11-6-5-7-18(9-11)12-8-14(20-4-2)16-10-15-12/h8,10-11H,3-7,9H2,1-2H3,(H,17,19)/t11-/m0/s1. The van der Waals surface area contributed by atoms with Crippen molar-refractivity contribution in [1.29, 1.82) is 0 Å². The maximum atomic E-state index is 11.5. The molecule has 0 bridgehead atoms. The molecule has 1 aromatic heterocycles. The zero-order valence-electron chi connectivity index (χ0n) is 12.1. The van der Waals surface area contributed by atoms with Gasteiger partial charge in [-0.3, -0.25) is 4.79 Å². The molecular weight excluding hydrogens is 256 g/mol. The molecule has 1 fully saturated rings. The van der Waals surface area contributed by atoms with Gasteiger partial charge in [0.1, 0.15) is 12.1 Å². The van der Waals surface area contributed by atoms with Gasteiger partial charge in [0.25, 0.3) is 0 Å². The first-order valence-electron chi connectivity index (χ1n) is 7.22. The fourth-order valence-electron chi connectivity index (χ4n) is 2.36. The van der Waals surface area contributed by atoms with Crippen molar-refractivity contribution >= 4 is 11.7 Å². The molecule has 6 heteroatoms. The molecular formula is C14H22N4O2. The van der Waals surface area contributed by atoms with Gasteiger partial charge in [-0.2, -0.15) is 0 Å². The first kappa shape index (κ1) is 14.6. The van der Waals surface area contributed by atoms with Gasteiger partial charge in [-0.15, -0.1) is 0 Å². The third-order valence-electron chi connectivity index (χ3n) is 3.35. The summed E-state index contributed by atoms with van der Waals surface area (Å²) in [5.41, 5.74) is 0. The van der Waals surface area contributed by atoms with Gasteiger partial charge < -0.3 is 15.0 Å². The monoisotopic (exact) mass is 278 g/mol. The van der Waals surface area contributed by atoms with Crippen LogP contribution in [0.2, 0.25) is 0 Å². The predicted octanol–water partition coefficient (Wildman–Crippen LogP) is 1.37. The third kappa shape index (κ3) is 3.82. The Balaban J connectivity index is 2.01. The van der Waals surface area contributed by atoms with Crippen molar-refractivity contribution in [1.82, 2.24) is 15.3 Å². The van der Waals surface area contributed by atoms with Crippen LogP contribution in [-0.2, 0) is 4.79 Å². The van der Waals surface area contributed by atoms with Crippen LogP contribution in [0.4, 0.5) is 5.82 Å². The van der Waals surface area contributed by atoms with E-state index in [1.807, 2.05) is 19.9 Å². The van der Waals surface area contributed by atoms with Gasteiger partial charge in [-0.1, -0.05) is 6.92 Å². The first-order valence-corrected chi connectivity index (χ1v) is 7.22. The van der Waals surface area contributed by atoms with Gasteiger partial charge in [-0.05, 0) is 19.8 Å². The molecule has 1 aliphatic heterocycles. The van der Waals surface area contributed by atoms with Gasteiger partial charge in [0.05, 0.1) is 6.61 Å². The molecule has 0 radical (unpaired) electrons. The average Bonchev–Trinajstić information content (AvgIpc) is 2.48. The molecule has 1 saturated heterocycles. The molecule has 0 unspecified atom stereocenters. The summed E-state index contributed by atoms with van der Waals surface area (Å²) in [5, 5.41) is 3.05. The average molecular weight is 278 g/mol. The molecule has 1 aromatic rings. The van der Waals surface area contributed by atoms with E-state index in [1.165, 1.54) is 6.33 Å². The van der Waals surface area contributed by atoms with Gasteiger partial charge in [-0.25, -0.2) is 9.97 Å². The minimum atomic E-state index is 0.106.